The largest absolute Gasteiger partial charge is 0.495 e. The summed E-state index contributed by atoms with van der Waals surface area (Å²) in [5, 5.41) is 17.1. The third-order valence-corrected chi connectivity index (χ3v) is 6.72. The molecule has 1 fully saturated rings. The molecule has 1 aliphatic rings. The van der Waals surface area contributed by atoms with Gasteiger partial charge < -0.3 is 25.5 Å². The van der Waals surface area contributed by atoms with Crippen LogP contribution in [-0.4, -0.2) is 76.3 Å². The number of likely N-dealkylation sites (N-methyl/N-ethyl adjacent to an activating group) is 1. The number of hydrogen-bond donors (Lipinski definition) is 4. The summed E-state index contributed by atoms with van der Waals surface area (Å²) >= 11 is 6.38. The lowest BCUT2D eigenvalue weighted by molar-refractivity contribution is -0.123. The molecule has 0 atom stereocenters. The smallest absolute Gasteiger partial charge is 0.234 e. The van der Waals surface area contributed by atoms with Crippen LogP contribution in [0.1, 0.15) is 32.6 Å². The second-order valence-corrected chi connectivity index (χ2v) is 9.28. The molecule has 0 bridgehead atoms. The van der Waals surface area contributed by atoms with Crippen molar-refractivity contribution in [3.8, 4) is 16.9 Å². The minimum atomic E-state index is 0.0164. The normalized spacial score (nSPS) is 18.1. The van der Waals surface area contributed by atoms with Gasteiger partial charge in [0.15, 0.2) is 0 Å². The van der Waals surface area contributed by atoms with E-state index in [0.29, 0.717) is 24.0 Å². The molecule has 0 aliphatic heterocycles. The van der Waals surface area contributed by atoms with Crippen molar-refractivity contribution in [2.45, 2.75) is 44.7 Å². The summed E-state index contributed by atoms with van der Waals surface area (Å²) in [6.07, 6.45) is 7.25. The number of halogens is 1. The first-order valence-corrected chi connectivity index (χ1v) is 12.4. The predicted molar refractivity (Wildman–Crippen MR) is 138 cm³/mol. The zero-order chi connectivity index (χ0) is 24.8. The van der Waals surface area contributed by atoms with Crippen LogP contribution < -0.4 is 15.4 Å². The van der Waals surface area contributed by atoms with Crippen molar-refractivity contribution in [1.82, 2.24) is 25.2 Å². The van der Waals surface area contributed by atoms with Crippen molar-refractivity contribution in [2.24, 2.45) is 0 Å². The number of nitrogens with one attached hydrogen (secondary N) is 3. The van der Waals surface area contributed by atoms with Crippen LogP contribution in [0.15, 0.2) is 30.6 Å². The fourth-order valence-electron chi connectivity index (χ4n) is 4.62. The van der Waals surface area contributed by atoms with E-state index in [1.165, 1.54) is 0 Å². The fraction of sp³-hybridized carbons (Fsp3) is 0.480. The molecule has 188 valence electrons. The third kappa shape index (κ3) is 6.42. The van der Waals surface area contributed by atoms with Crippen LogP contribution in [-0.2, 0) is 4.79 Å². The van der Waals surface area contributed by atoms with E-state index in [1.54, 1.807) is 13.3 Å². The molecule has 4 rings (SSSR count). The van der Waals surface area contributed by atoms with Crippen molar-refractivity contribution < 1.29 is 14.6 Å². The Kier molecular flexibility index (Phi) is 8.43. The summed E-state index contributed by atoms with van der Waals surface area (Å²) in [6, 6.07) is 6.23. The summed E-state index contributed by atoms with van der Waals surface area (Å²) in [5.74, 6) is 1.44. The highest BCUT2D eigenvalue weighted by Gasteiger charge is 2.23. The molecule has 3 aromatic heterocycles. The fourth-order valence-corrected chi connectivity index (χ4v) is 4.83. The number of pyridine rings is 2. The van der Waals surface area contributed by atoms with Gasteiger partial charge in [-0.05, 0) is 56.0 Å². The Morgan fingerprint density at radius 2 is 2.03 bits per heavy atom. The molecule has 4 N–H and O–H groups in total. The molecule has 3 heterocycles. The number of amides is 1. The Labute approximate surface area is 210 Å². The second-order valence-electron chi connectivity index (χ2n) is 8.89. The van der Waals surface area contributed by atoms with Gasteiger partial charge in [-0.1, -0.05) is 18.5 Å². The minimum Gasteiger partial charge on any atom is -0.495 e. The van der Waals surface area contributed by atoms with Crippen molar-refractivity contribution >= 4 is 34.4 Å². The number of carbonyl (C=O) groups is 1. The number of fused-ring (bicyclic) bond motifs is 1. The van der Waals surface area contributed by atoms with Crippen molar-refractivity contribution in [1.29, 1.82) is 0 Å². The van der Waals surface area contributed by atoms with E-state index < -0.39 is 0 Å². The van der Waals surface area contributed by atoms with Gasteiger partial charge in [0.05, 0.1) is 26.5 Å². The summed E-state index contributed by atoms with van der Waals surface area (Å²) in [4.78, 5) is 26.4. The molecule has 1 saturated carbocycles. The van der Waals surface area contributed by atoms with Crippen molar-refractivity contribution in [3.63, 3.8) is 0 Å². The van der Waals surface area contributed by atoms with E-state index in [-0.39, 0.29) is 24.6 Å². The van der Waals surface area contributed by atoms with Crippen LogP contribution >= 0.6 is 11.6 Å². The molecule has 0 unspecified atom stereocenters. The van der Waals surface area contributed by atoms with Gasteiger partial charge in [0, 0.05) is 35.8 Å². The van der Waals surface area contributed by atoms with Gasteiger partial charge in [-0.15, -0.1) is 0 Å². The van der Waals surface area contributed by atoms with Crippen LogP contribution in [0.25, 0.3) is 22.2 Å². The maximum Gasteiger partial charge on any atom is 0.234 e. The lowest BCUT2D eigenvalue weighted by Crippen LogP contribution is -2.45. The average Bonchev–Trinajstić information content (AvgIpc) is 3.28. The Hall–Kier alpha value is -2.88. The van der Waals surface area contributed by atoms with E-state index in [0.717, 1.165) is 60.2 Å². The third-order valence-electron chi connectivity index (χ3n) is 6.52. The topological polar surface area (TPSA) is 115 Å². The number of hydrogen-bond acceptors (Lipinski definition) is 7. The number of aliphatic hydroxyl groups excluding tert-OH is 1. The predicted octanol–water partition coefficient (Wildman–Crippen LogP) is 3.44. The lowest BCUT2D eigenvalue weighted by Gasteiger charge is -2.30. The maximum atomic E-state index is 12.4. The van der Waals surface area contributed by atoms with Gasteiger partial charge in [0.25, 0.3) is 0 Å². The van der Waals surface area contributed by atoms with Crippen molar-refractivity contribution in [2.75, 3.05) is 38.7 Å². The number of aromatic nitrogens is 3. The van der Waals surface area contributed by atoms with Crippen LogP contribution in [0, 0.1) is 0 Å². The Bertz CT molecular complexity index is 1150. The zero-order valence-electron chi connectivity index (χ0n) is 20.2. The molecule has 1 aliphatic carbocycles. The molecular weight excluding hydrogens is 468 g/mol. The Morgan fingerprint density at radius 1 is 1.26 bits per heavy atom. The molecule has 0 spiro atoms. The van der Waals surface area contributed by atoms with Crippen molar-refractivity contribution in [3.05, 3.63) is 35.7 Å². The van der Waals surface area contributed by atoms with Gasteiger partial charge >= 0.3 is 0 Å². The first-order chi connectivity index (χ1) is 17.0. The molecule has 9 nitrogen and oxygen atoms in total. The Balaban J connectivity index is 1.37. The van der Waals surface area contributed by atoms with E-state index in [2.05, 4.69) is 25.6 Å². The quantitative estimate of drug-likeness (QED) is 0.315. The minimum absolute atomic E-state index is 0.0164. The van der Waals surface area contributed by atoms with E-state index >= 15 is 0 Å². The summed E-state index contributed by atoms with van der Waals surface area (Å²) in [6.45, 7) is 3.61. The van der Waals surface area contributed by atoms with E-state index in [9.17, 15) is 4.79 Å². The molecule has 0 radical (unpaired) electrons. The zero-order valence-corrected chi connectivity index (χ0v) is 20.9. The number of ether oxygens (including phenoxy) is 1. The van der Waals surface area contributed by atoms with Gasteiger partial charge in [0.1, 0.15) is 22.4 Å². The monoisotopic (exact) mass is 500 g/mol. The standard InChI is InChI=1S/C25H33ClN6O3/c1-3-32(8-9-33)15-24(34)30-18-6-4-17(5-7-18)29-23-11-16(10-22(26)31-23)21-14-28-25-20(21)12-19(35-2)13-27-25/h10-14,17-18,33H,3-9,15H2,1-2H3,(H,27,28)(H,29,31)(H,30,34)/t17-,18-. The number of rotatable bonds is 10. The molecule has 10 heteroatoms. The molecule has 35 heavy (non-hydrogen) atoms. The SMILES string of the molecule is CCN(CCO)CC(=O)N[C@H]1CC[C@H](Nc2cc(-c3c[nH]c4ncc(OC)cc34)cc(Cl)n2)CC1. The molecule has 0 aromatic carbocycles. The average molecular weight is 501 g/mol. The first kappa shape index (κ1) is 25.2. The lowest BCUT2D eigenvalue weighted by atomic mass is 9.91. The van der Waals surface area contributed by atoms with Gasteiger partial charge in [0.2, 0.25) is 5.91 Å². The van der Waals surface area contributed by atoms with Gasteiger partial charge in [-0.2, -0.15) is 0 Å². The molecule has 3 aromatic rings. The highest BCUT2D eigenvalue weighted by atomic mass is 35.5. The highest BCUT2D eigenvalue weighted by Crippen LogP contribution is 2.33. The number of aromatic amines is 1. The highest BCUT2D eigenvalue weighted by molar-refractivity contribution is 6.29. The summed E-state index contributed by atoms with van der Waals surface area (Å²) in [7, 11) is 1.62. The summed E-state index contributed by atoms with van der Waals surface area (Å²) in [5.41, 5.74) is 2.70. The molecule has 1 amide bonds. The second kappa shape index (κ2) is 11.7. The van der Waals surface area contributed by atoms with Gasteiger partial charge in [-0.3, -0.25) is 9.69 Å². The number of H-pyrrole nitrogens is 1. The van der Waals surface area contributed by atoms with Crippen LogP contribution in [0.2, 0.25) is 5.15 Å². The number of carbonyl (C=O) groups excluding carboxylic acids is 1. The summed E-state index contributed by atoms with van der Waals surface area (Å²) < 4.78 is 5.33. The number of aliphatic hydroxyl groups is 1. The maximum absolute atomic E-state index is 12.4. The van der Waals surface area contributed by atoms with Crippen LogP contribution in [0.4, 0.5) is 5.82 Å². The number of methoxy groups -OCH3 is 1. The van der Waals surface area contributed by atoms with Gasteiger partial charge in [-0.25, -0.2) is 9.97 Å². The van der Waals surface area contributed by atoms with E-state index in [1.807, 2.05) is 36.2 Å². The Morgan fingerprint density at radius 3 is 2.74 bits per heavy atom. The van der Waals surface area contributed by atoms with Crippen LogP contribution in [0.3, 0.4) is 0 Å². The molecular formula is C25H33ClN6O3. The number of nitrogens with zero attached hydrogens (tertiary/aromatic N) is 3. The number of anilines is 1. The van der Waals surface area contributed by atoms with Crippen LogP contribution in [0.5, 0.6) is 5.75 Å². The van der Waals surface area contributed by atoms with E-state index in [4.69, 9.17) is 21.4 Å². The molecule has 0 saturated heterocycles. The first-order valence-electron chi connectivity index (χ1n) is 12.1.